The van der Waals surface area contributed by atoms with Crippen molar-refractivity contribution in [2.45, 2.75) is 0 Å². The predicted molar refractivity (Wildman–Crippen MR) is 105 cm³/mol. The van der Waals surface area contributed by atoms with Crippen LogP contribution in [0.1, 0.15) is 5.56 Å². The van der Waals surface area contributed by atoms with E-state index in [0.717, 1.165) is 5.69 Å². The molecule has 2 aromatic rings. The number of nitrogens with zero attached hydrogens (tertiary/aromatic N) is 7. The zero-order valence-corrected chi connectivity index (χ0v) is 15.7. The molecular formula is C16H21N9O4. The summed E-state index contributed by atoms with van der Waals surface area (Å²) in [5, 5.41) is 29.2. The highest BCUT2D eigenvalue weighted by Gasteiger charge is 2.26. The number of aromatic nitrogens is 4. The first-order valence-electron chi connectivity index (χ1n) is 9.23. The van der Waals surface area contributed by atoms with E-state index >= 15 is 0 Å². The summed E-state index contributed by atoms with van der Waals surface area (Å²) in [4.78, 5) is 15.6. The number of H-pyrrole nitrogens is 1. The highest BCUT2D eigenvalue weighted by molar-refractivity contribution is 5.92. The van der Waals surface area contributed by atoms with E-state index in [1.807, 2.05) is 11.0 Å². The molecule has 1 aromatic heterocycles. The van der Waals surface area contributed by atoms with Gasteiger partial charge in [0.15, 0.2) is 0 Å². The number of aromatic amines is 1. The zero-order valence-electron chi connectivity index (χ0n) is 15.7. The Morgan fingerprint density at radius 1 is 1.10 bits per heavy atom. The third-order valence-electron chi connectivity index (χ3n) is 4.74. The van der Waals surface area contributed by atoms with Gasteiger partial charge in [0.1, 0.15) is 5.69 Å². The SMILES string of the molecule is O=[N+]([O-])c1cc(C=NNc2nn[nH]n2)c(N2CCOCC2)cc1N1CCOCC1. The van der Waals surface area contributed by atoms with Crippen molar-refractivity contribution in [2.24, 2.45) is 5.10 Å². The average molecular weight is 403 g/mol. The summed E-state index contributed by atoms with van der Waals surface area (Å²) in [6.07, 6.45) is 1.53. The number of hydrogen-bond acceptors (Lipinski definition) is 11. The Kier molecular flexibility index (Phi) is 5.76. The molecule has 0 amide bonds. The van der Waals surface area contributed by atoms with Crippen molar-refractivity contribution in [3.05, 3.63) is 27.8 Å². The van der Waals surface area contributed by atoms with Gasteiger partial charge in [0.05, 0.1) is 37.6 Å². The monoisotopic (exact) mass is 403 g/mol. The van der Waals surface area contributed by atoms with E-state index in [0.29, 0.717) is 63.9 Å². The molecule has 2 saturated heterocycles. The molecule has 2 fully saturated rings. The van der Waals surface area contributed by atoms with Crippen molar-refractivity contribution >= 4 is 29.2 Å². The minimum atomic E-state index is -0.363. The number of rotatable bonds is 6. The molecular weight excluding hydrogens is 382 g/mol. The first kappa shape index (κ1) is 19.0. The highest BCUT2D eigenvalue weighted by Crippen LogP contribution is 2.36. The van der Waals surface area contributed by atoms with Gasteiger partial charge in [0.2, 0.25) is 0 Å². The highest BCUT2D eigenvalue weighted by atomic mass is 16.6. The van der Waals surface area contributed by atoms with E-state index in [1.54, 1.807) is 6.07 Å². The number of hydrazone groups is 1. The molecule has 0 unspecified atom stereocenters. The minimum Gasteiger partial charge on any atom is -0.378 e. The van der Waals surface area contributed by atoms with E-state index < -0.39 is 0 Å². The summed E-state index contributed by atoms with van der Waals surface area (Å²) >= 11 is 0. The van der Waals surface area contributed by atoms with E-state index in [1.165, 1.54) is 6.21 Å². The van der Waals surface area contributed by atoms with Gasteiger partial charge in [-0.15, -0.1) is 5.10 Å². The van der Waals surface area contributed by atoms with Crippen LogP contribution < -0.4 is 15.2 Å². The predicted octanol–water partition coefficient (Wildman–Crippen LogP) is 0.227. The lowest BCUT2D eigenvalue weighted by molar-refractivity contribution is -0.384. The third-order valence-corrected chi connectivity index (χ3v) is 4.74. The smallest absolute Gasteiger partial charge is 0.293 e. The van der Waals surface area contributed by atoms with Gasteiger partial charge in [-0.05, 0) is 11.3 Å². The van der Waals surface area contributed by atoms with E-state index in [4.69, 9.17) is 9.47 Å². The maximum absolute atomic E-state index is 11.8. The molecule has 4 rings (SSSR count). The Morgan fingerprint density at radius 3 is 2.34 bits per heavy atom. The van der Waals surface area contributed by atoms with Crippen LogP contribution in [0.4, 0.5) is 23.0 Å². The summed E-state index contributed by atoms with van der Waals surface area (Å²) in [6.45, 7) is 4.89. The molecule has 1 aromatic carbocycles. The lowest BCUT2D eigenvalue weighted by atomic mass is 10.1. The Bertz CT molecular complexity index is 862. The first-order valence-corrected chi connectivity index (χ1v) is 9.23. The molecule has 13 nitrogen and oxygen atoms in total. The molecule has 0 saturated carbocycles. The number of nitro benzene ring substituents is 1. The number of hydrogen-bond donors (Lipinski definition) is 2. The van der Waals surface area contributed by atoms with E-state index in [2.05, 4.69) is 36.1 Å². The molecule has 0 bridgehead atoms. The van der Waals surface area contributed by atoms with Gasteiger partial charge in [-0.2, -0.15) is 10.3 Å². The standard InChI is InChI=1S/C16H21N9O4/c26-25(27)15-9-12(11-17-18-16-19-21-22-20-16)13(23-1-5-28-6-2-23)10-14(15)24-3-7-29-8-4-24/h9-11H,1-8H2,(H2,18,19,20,21,22). The number of anilines is 3. The zero-order chi connectivity index (χ0) is 20.1. The van der Waals surface area contributed by atoms with E-state index in [9.17, 15) is 10.1 Å². The van der Waals surface area contributed by atoms with Crippen molar-refractivity contribution in [3.8, 4) is 0 Å². The second-order valence-corrected chi connectivity index (χ2v) is 6.46. The Morgan fingerprint density at radius 2 is 1.76 bits per heavy atom. The number of nitro groups is 1. The van der Waals surface area contributed by atoms with Crippen LogP contribution in [0, 0.1) is 10.1 Å². The molecule has 0 spiro atoms. The van der Waals surface area contributed by atoms with Gasteiger partial charge < -0.3 is 19.3 Å². The molecule has 13 heteroatoms. The van der Waals surface area contributed by atoms with Crippen LogP contribution in [0.15, 0.2) is 17.2 Å². The molecule has 0 radical (unpaired) electrons. The van der Waals surface area contributed by atoms with Crippen LogP contribution in [-0.4, -0.2) is 84.4 Å². The largest absolute Gasteiger partial charge is 0.378 e. The number of tetrazole rings is 1. The number of ether oxygens (including phenoxy) is 2. The molecule has 2 N–H and O–H groups in total. The number of nitrogens with one attached hydrogen (secondary N) is 2. The Labute approximate surface area is 165 Å². The number of benzene rings is 1. The fourth-order valence-corrected chi connectivity index (χ4v) is 3.34. The summed E-state index contributed by atoms with van der Waals surface area (Å²) in [5.41, 5.74) is 4.74. The maximum Gasteiger partial charge on any atom is 0.293 e. The van der Waals surface area contributed by atoms with Crippen LogP contribution >= 0.6 is 0 Å². The van der Waals surface area contributed by atoms with Crippen molar-refractivity contribution in [3.63, 3.8) is 0 Å². The van der Waals surface area contributed by atoms with Crippen LogP contribution in [0.2, 0.25) is 0 Å². The Hall–Kier alpha value is -3.32. The molecule has 29 heavy (non-hydrogen) atoms. The normalized spacial score (nSPS) is 17.7. The van der Waals surface area contributed by atoms with E-state index in [-0.39, 0.29) is 16.6 Å². The quantitative estimate of drug-likeness (QED) is 0.390. The summed E-state index contributed by atoms with van der Waals surface area (Å²) < 4.78 is 10.8. The third kappa shape index (κ3) is 4.41. The second kappa shape index (κ2) is 8.79. The summed E-state index contributed by atoms with van der Waals surface area (Å²) in [7, 11) is 0. The molecule has 3 heterocycles. The van der Waals surface area contributed by atoms with Gasteiger partial charge in [-0.3, -0.25) is 10.1 Å². The van der Waals surface area contributed by atoms with Crippen molar-refractivity contribution in [1.82, 2.24) is 20.6 Å². The topological polar surface area (TPSA) is 147 Å². The van der Waals surface area contributed by atoms with Crippen molar-refractivity contribution < 1.29 is 14.4 Å². The summed E-state index contributed by atoms with van der Waals surface area (Å²) in [6, 6.07) is 3.42. The second-order valence-electron chi connectivity index (χ2n) is 6.46. The summed E-state index contributed by atoms with van der Waals surface area (Å²) in [5.74, 6) is 0.202. The van der Waals surface area contributed by atoms with Crippen LogP contribution in [0.3, 0.4) is 0 Å². The lowest BCUT2D eigenvalue weighted by Gasteiger charge is -2.33. The van der Waals surface area contributed by atoms with Gasteiger partial charge in [0, 0.05) is 43.5 Å². The van der Waals surface area contributed by atoms with Crippen LogP contribution in [0.25, 0.3) is 0 Å². The maximum atomic E-state index is 11.8. The fourth-order valence-electron chi connectivity index (χ4n) is 3.34. The average Bonchev–Trinajstić information content (AvgIpc) is 3.28. The van der Waals surface area contributed by atoms with Gasteiger partial charge in [-0.25, -0.2) is 5.43 Å². The molecule has 0 atom stereocenters. The van der Waals surface area contributed by atoms with Gasteiger partial charge in [-0.1, -0.05) is 5.10 Å². The Balaban J connectivity index is 1.71. The lowest BCUT2D eigenvalue weighted by Crippen LogP contribution is -2.38. The molecule has 154 valence electrons. The molecule has 2 aliphatic rings. The van der Waals surface area contributed by atoms with Crippen molar-refractivity contribution in [2.75, 3.05) is 67.8 Å². The van der Waals surface area contributed by atoms with Gasteiger partial charge >= 0.3 is 0 Å². The minimum absolute atomic E-state index is 0.0323. The molecule has 0 aliphatic carbocycles. The van der Waals surface area contributed by atoms with Gasteiger partial charge in [0.25, 0.3) is 11.6 Å². The van der Waals surface area contributed by atoms with Crippen LogP contribution in [-0.2, 0) is 9.47 Å². The van der Waals surface area contributed by atoms with Crippen molar-refractivity contribution in [1.29, 1.82) is 0 Å². The molecule has 2 aliphatic heterocycles. The first-order chi connectivity index (χ1) is 14.2. The fraction of sp³-hybridized carbons (Fsp3) is 0.500. The number of morpholine rings is 2. The van der Waals surface area contributed by atoms with Crippen LogP contribution in [0.5, 0.6) is 0 Å².